The quantitative estimate of drug-likeness (QED) is 0.841. The largest absolute Gasteiger partial charge is 0.325 e. The molecule has 5 heteroatoms. The maximum Gasteiger partial charge on any atom is 0.254 e. The molecule has 1 fully saturated rings. The second kappa shape index (κ2) is 6.67. The molecule has 2 aromatic rings. The molecule has 0 radical (unpaired) electrons. The third-order valence-corrected chi connectivity index (χ3v) is 4.76. The minimum atomic E-state index is -0.592. The van der Waals surface area contributed by atoms with Gasteiger partial charge in [0.2, 0.25) is 5.91 Å². The van der Waals surface area contributed by atoms with Crippen molar-refractivity contribution < 1.29 is 14.0 Å². The second-order valence-electron chi connectivity index (χ2n) is 6.41. The van der Waals surface area contributed by atoms with Gasteiger partial charge < -0.3 is 9.80 Å². The SMILES string of the molecule is Cc1ccc(N2CCN(C(=O)c3ccccc3C)C(C)C2=O)cc1F. The fourth-order valence-corrected chi connectivity index (χ4v) is 3.12. The highest BCUT2D eigenvalue weighted by atomic mass is 19.1. The van der Waals surface area contributed by atoms with Crippen molar-refractivity contribution in [1.82, 2.24) is 4.90 Å². The number of benzene rings is 2. The molecule has 0 N–H and O–H groups in total. The van der Waals surface area contributed by atoms with Crippen molar-refractivity contribution in [3.63, 3.8) is 0 Å². The van der Waals surface area contributed by atoms with Crippen molar-refractivity contribution in [1.29, 1.82) is 0 Å². The molecule has 2 amide bonds. The monoisotopic (exact) mass is 340 g/mol. The minimum Gasteiger partial charge on any atom is -0.325 e. The summed E-state index contributed by atoms with van der Waals surface area (Å²) < 4.78 is 13.8. The molecule has 1 heterocycles. The van der Waals surface area contributed by atoms with Crippen molar-refractivity contribution in [2.45, 2.75) is 26.8 Å². The van der Waals surface area contributed by atoms with E-state index in [1.165, 1.54) is 6.07 Å². The molecular formula is C20H21FN2O2. The van der Waals surface area contributed by atoms with Crippen LogP contribution in [-0.4, -0.2) is 35.8 Å². The number of amides is 2. The summed E-state index contributed by atoms with van der Waals surface area (Å²) >= 11 is 0. The van der Waals surface area contributed by atoms with Crippen LogP contribution in [0, 0.1) is 19.7 Å². The molecule has 1 unspecified atom stereocenters. The average molecular weight is 340 g/mol. The summed E-state index contributed by atoms with van der Waals surface area (Å²) in [5, 5.41) is 0. The standard InChI is InChI=1S/C20H21FN2O2/c1-13-6-4-5-7-17(13)20(25)22-10-11-23(19(24)15(22)3)16-9-8-14(2)18(21)12-16/h4-9,12,15H,10-11H2,1-3H3. The maximum absolute atomic E-state index is 13.8. The molecule has 2 aromatic carbocycles. The van der Waals surface area contributed by atoms with Crippen LogP contribution in [-0.2, 0) is 4.79 Å². The molecule has 130 valence electrons. The number of carbonyl (C=O) groups excluding carboxylic acids is 2. The summed E-state index contributed by atoms with van der Waals surface area (Å²) in [4.78, 5) is 28.7. The third kappa shape index (κ3) is 3.14. The van der Waals surface area contributed by atoms with E-state index in [0.717, 1.165) is 5.56 Å². The topological polar surface area (TPSA) is 40.6 Å². The van der Waals surface area contributed by atoms with Gasteiger partial charge in [-0.15, -0.1) is 0 Å². The molecular weight excluding hydrogens is 319 g/mol. The summed E-state index contributed by atoms with van der Waals surface area (Å²) in [6.07, 6.45) is 0. The Balaban J connectivity index is 1.83. The van der Waals surface area contributed by atoms with Gasteiger partial charge in [0.25, 0.3) is 5.91 Å². The highest BCUT2D eigenvalue weighted by molar-refractivity contribution is 6.03. The van der Waals surface area contributed by atoms with E-state index in [9.17, 15) is 14.0 Å². The zero-order valence-corrected chi connectivity index (χ0v) is 14.6. The highest BCUT2D eigenvalue weighted by Gasteiger charge is 2.35. The van der Waals surface area contributed by atoms with Crippen LogP contribution in [0.3, 0.4) is 0 Å². The minimum absolute atomic E-state index is 0.145. The lowest BCUT2D eigenvalue weighted by atomic mass is 10.0. The zero-order chi connectivity index (χ0) is 18.1. The van der Waals surface area contributed by atoms with Gasteiger partial charge in [-0.05, 0) is 50.1 Å². The van der Waals surface area contributed by atoms with Crippen LogP contribution < -0.4 is 4.90 Å². The first-order valence-corrected chi connectivity index (χ1v) is 8.34. The molecule has 3 rings (SSSR count). The summed E-state index contributed by atoms with van der Waals surface area (Å²) in [5.74, 6) is -0.679. The molecule has 0 aliphatic carbocycles. The van der Waals surface area contributed by atoms with E-state index in [4.69, 9.17) is 0 Å². The van der Waals surface area contributed by atoms with Gasteiger partial charge in [-0.2, -0.15) is 0 Å². The van der Waals surface area contributed by atoms with Gasteiger partial charge in [0, 0.05) is 24.3 Å². The first-order chi connectivity index (χ1) is 11.9. The van der Waals surface area contributed by atoms with E-state index in [2.05, 4.69) is 0 Å². The van der Waals surface area contributed by atoms with Crippen LogP contribution in [0.2, 0.25) is 0 Å². The smallest absolute Gasteiger partial charge is 0.254 e. The summed E-state index contributed by atoms with van der Waals surface area (Å²) in [6.45, 7) is 6.04. The second-order valence-corrected chi connectivity index (χ2v) is 6.41. The number of carbonyl (C=O) groups is 2. The molecule has 1 atom stereocenters. The Morgan fingerprint density at radius 1 is 1.08 bits per heavy atom. The molecule has 0 aromatic heterocycles. The molecule has 1 aliphatic heterocycles. The van der Waals surface area contributed by atoms with Gasteiger partial charge in [0.15, 0.2) is 0 Å². The summed E-state index contributed by atoms with van der Waals surface area (Å²) in [5.41, 5.74) is 2.56. The van der Waals surface area contributed by atoms with Gasteiger partial charge in [-0.25, -0.2) is 4.39 Å². The molecule has 0 spiro atoms. The Morgan fingerprint density at radius 2 is 1.80 bits per heavy atom. The Morgan fingerprint density at radius 3 is 2.48 bits per heavy atom. The van der Waals surface area contributed by atoms with Crippen LogP contribution in [0.15, 0.2) is 42.5 Å². The Kier molecular flexibility index (Phi) is 4.57. The Bertz CT molecular complexity index is 834. The van der Waals surface area contributed by atoms with E-state index < -0.39 is 6.04 Å². The summed E-state index contributed by atoms with van der Waals surface area (Å²) in [6, 6.07) is 11.5. The van der Waals surface area contributed by atoms with Crippen LogP contribution in [0.4, 0.5) is 10.1 Å². The molecule has 1 aliphatic rings. The number of hydrogen-bond donors (Lipinski definition) is 0. The van der Waals surface area contributed by atoms with Crippen molar-refractivity contribution >= 4 is 17.5 Å². The average Bonchev–Trinajstić information content (AvgIpc) is 2.60. The number of aryl methyl sites for hydroxylation is 2. The lowest BCUT2D eigenvalue weighted by Crippen LogP contribution is -2.57. The van der Waals surface area contributed by atoms with Gasteiger partial charge in [-0.1, -0.05) is 24.3 Å². The van der Waals surface area contributed by atoms with E-state index >= 15 is 0 Å². The molecule has 0 saturated carbocycles. The Labute approximate surface area is 146 Å². The molecule has 1 saturated heterocycles. The van der Waals surface area contributed by atoms with E-state index in [0.29, 0.717) is 29.9 Å². The van der Waals surface area contributed by atoms with Gasteiger partial charge in [-0.3, -0.25) is 9.59 Å². The highest BCUT2D eigenvalue weighted by Crippen LogP contribution is 2.24. The first kappa shape index (κ1) is 17.1. The first-order valence-electron chi connectivity index (χ1n) is 8.34. The van der Waals surface area contributed by atoms with Crippen molar-refractivity contribution in [3.05, 3.63) is 65.0 Å². The fraction of sp³-hybridized carbons (Fsp3) is 0.300. The van der Waals surface area contributed by atoms with Gasteiger partial charge >= 0.3 is 0 Å². The number of halogens is 1. The molecule has 4 nitrogen and oxygen atoms in total. The van der Waals surface area contributed by atoms with Gasteiger partial charge in [0.05, 0.1) is 0 Å². The van der Waals surface area contributed by atoms with E-state index in [1.54, 1.807) is 41.8 Å². The fourth-order valence-electron chi connectivity index (χ4n) is 3.12. The molecule has 0 bridgehead atoms. The van der Waals surface area contributed by atoms with Crippen molar-refractivity contribution in [2.24, 2.45) is 0 Å². The lowest BCUT2D eigenvalue weighted by Gasteiger charge is -2.39. The van der Waals surface area contributed by atoms with Gasteiger partial charge in [0.1, 0.15) is 11.9 Å². The third-order valence-electron chi connectivity index (χ3n) is 4.76. The summed E-state index contributed by atoms with van der Waals surface area (Å²) in [7, 11) is 0. The normalized spacial score (nSPS) is 17.8. The number of piperazine rings is 1. The van der Waals surface area contributed by atoms with Crippen molar-refractivity contribution in [3.8, 4) is 0 Å². The number of anilines is 1. The van der Waals surface area contributed by atoms with Crippen LogP contribution in [0.1, 0.15) is 28.4 Å². The predicted molar refractivity (Wildman–Crippen MR) is 95.2 cm³/mol. The van der Waals surface area contributed by atoms with Crippen LogP contribution in [0.5, 0.6) is 0 Å². The van der Waals surface area contributed by atoms with Crippen LogP contribution >= 0.6 is 0 Å². The van der Waals surface area contributed by atoms with E-state index in [1.807, 2.05) is 25.1 Å². The molecule has 25 heavy (non-hydrogen) atoms. The Hall–Kier alpha value is -2.69. The maximum atomic E-state index is 13.8. The van der Waals surface area contributed by atoms with Crippen molar-refractivity contribution in [2.75, 3.05) is 18.0 Å². The predicted octanol–water partition coefficient (Wildman–Crippen LogP) is 3.32. The number of nitrogens with zero attached hydrogens (tertiary/aromatic N) is 2. The van der Waals surface area contributed by atoms with Crippen LogP contribution in [0.25, 0.3) is 0 Å². The number of hydrogen-bond acceptors (Lipinski definition) is 2. The zero-order valence-electron chi connectivity index (χ0n) is 14.6. The lowest BCUT2D eigenvalue weighted by molar-refractivity contribution is -0.124. The van der Waals surface area contributed by atoms with E-state index in [-0.39, 0.29) is 17.6 Å². The number of rotatable bonds is 2.